The standard InChI is InChI=1S/C7H11N3O/c1-6-3-7(11)4-10(6)9-5-8-2/h3-5,11H,1-2H3,(H,8,9). The van der Waals surface area contributed by atoms with Crippen molar-refractivity contribution in [1.29, 1.82) is 0 Å². The Morgan fingerprint density at radius 3 is 2.91 bits per heavy atom. The van der Waals surface area contributed by atoms with Crippen LogP contribution in [-0.2, 0) is 0 Å². The van der Waals surface area contributed by atoms with Gasteiger partial charge in [0, 0.05) is 18.8 Å². The lowest BCUT2D eigenvalue weighted by molar-refractivity contribution is 0.475. The molecule has 0 spiro atoms. The van der Waals surface area contributed by atoms with Gasteiger partial charge in [0.2, 0.25) is 0 Å². The van der Waals surface area contributed by atoms with Gasteiger partial charge in [0.15, 0.2) is 0 Å². The minimum absolute atomic E-state index is 0.250. The summed E-state index contributed by atoms with van der Waals surface area (Å²) in [4.78, 5) is 3.74. The van der Waals surface area contributed by atoms with E-state index in [1.165, 1.54) is 0 Å². The zero-order chi connectivity index (χ0) is 8.27. The lowest BCUT2D eigenvalue weighted by Crippen LogP contribution is -2.12. The Bertz CT molecular complexity index is 265. The highest BCUT2D eigenvalue weighted by Gasteiger charge is 1.96. The number of rotatable bonds is 2. The number of aliphatic imine (C=N–C) groups is 1. The number of nitrogens with zero attached hydrogens (tertiary/aromatic N) is 2. The van der Waals surface area contributed by atoms with Gasteiger partial charge in [-0.3, -0.25) is 15.1 Å². The van der Waals surface area contributed by atoms with Crippen molar-refractivity contribution in [2.75, 3.05) is 12.5 Å². The zero-order valence-electron chi connectivity index (χ0n) is 6.57. The van der Waals surface area contributed by atoms with E-state index in [1.54, 1.807) is 30.3 Å². The molecule has 0 atom stereocenters. The minimum Gasteiger partial charge on any atom is -0.506 e. The van der Waals surface area contributed by atoms with Crippen LogP contribution in [0.15, 0.2) is 17.3 Å². The first kappa shape index (κ1) is 7.65. The van der Waals surface area contributed by atoms with Crippen LogP contribution in [0.25, 0.3) is 0 Å². The normalized spacial score (nSPS) is 10.7. The molecule has 0 radical (unpaired) electrons. The van der Waals surface area contributed by atoms with Gasteiger partial charge < -0.3 is 5.11 Å². The second kappa shape index (κ2) is 3.09. The van der Waals surface area contributed by atoms with Crippen molar-refractivity contribution in [3.63, 3.8) is 0 Å². The Morgan fingerprint density at radius 1 is 1.73 bits per heavy atom. The molecule has 0 bridgehead atoms. The number of nitrogens with one attached hydrogen (secondary N) is 1. The van der Waals surface area contributed by atoms with Crippen LogP contribution in [0.2, 0.25) is 0 Å². The van der Waals surface area contributed by atoms with Gasteiger partial charge in [0.1, 0.15) is 12.1 Å². The molecule has 0 aliphatic rings. The first-order valence-electron chi connectivity index (χ1n) is 3.29. The van der Waals surface area contributed by atoms with Gasteiger partial charge in [-0.2, -0.15) is 0 Å². The lowest BCUT2D eigenvalue weighted by Gasteiger charge is -2.01. The first-order chi connectivity index (χ1) is 5.24. The minimum atomic E-state index is 0.250. The van der Waals surface area contributed by atoms with Crippen molar-refractivity contribution in [1.82, 2.24) is 4.68 Å². The molecule has 0 fully saturated rings. The Labute approximate surface area is 65.2 Å². The van der Waals surface area contributed by atoms with Gasteiger partial charge in [-0.25, -0.2) is 0 Å². The van der Waals surface area contributed by atoms with E-state index < -0.39 is 0 Å². The largest absolute Gasteiger partial charge is 0.506 e. The van der Waals surface area contributed by atoms with Crippen molar-refractivity contribution in [2.24, 2.45) is 4.99 Å². The van der Waals surface area contributed by atoms with Crippen LogP contribution in [0.4, 0.5) is 0 Å². The molecule has 0 aromatic carbocycles. The third-order valence-corrected chi connectivity index (χ3v) is 1.32. The van der Waals surface area contributed by atoms with Gasteiger partial charge in [0.25, 0.3) is 0 Å². The van der Waals surface area contributed by atoms with Crippen molar-refractivity contribution in [2.45, 2.75) is 6.92 Å². The van der Waals surface area contributed by atoms with Crippen molar-refractivity contribution >= 4 is 6.34 Å². The second-order valence-electron chi connectivity index (χ2n) is 2.23. The molecule has 4 heteroatoms. The van der Waals surface area contributed by atoms with Crippen molar-refractivity contribution in [3.8, 4) is 5.75 Å². The van der Waals surface area contributed by atoms with Crippen LogP contribution >= 0.6 is 0 Å². The fourth-order valence-corrected chi connectivity index (χ4v) is 0.814. The average Bonchev–Trinajstić information content (AvgIpc) is 2.26. The summed E-state index contributed by atoms with van der Waals surface area (Å²) in [6.45, 7) is 1.89. The highest BCUT2D eigenvalue weighted by atomic mass is 16.3. The molecule has 0 aliphatic carbocycles. The molecular weight excluding hydrogens is 142 g/mol. The molecule has 2 N–H and O–H groups in total. The Balaban J connectivity index is 2.77. The molecule has 11 heavy (non-hydrogen) atoms. The maximum atomic E-state index is 9.03. The highest BCUT2D eigenvalue weighted by Crippen LogP contribution is 2.10. The smallest absolute Gasteiger partial charge is 0.135 e. The van der Waals surface area contributed by atoms with E-state index in [-0.39, 0.29) is 5.75 Å². The van der Waals surface area contributed by atoms with Crippen molar-refractivity contribution < 1.29 is 5.11 Å². The quantitative estimate of drug-likeness (QED) is 0.485. The van der Waals surface area contributed by atoms with Gasteiger partial charge in [-0.15, -0.1) is 0 Å². The second-order valence-corrected chi connectivity index (χ2v) is 2.23. The van der Waals surface area contributed by atoms with Crippen LogP contribution in [0, 0.1) is 6.92 Å². The van der Waals surface area contributed by atoms with Gasteiger partial charge in [0.05, 0.1) is 6.20 Å². The number of hydrogen-bond acceptors (Lipinski definition) is 2. The van der Waals surface area contributed by atoms with E-state index in [4.69, 9.17) is 5.11 Å². The van der Waals surface area contributed by atoms with Crippen LogP contribution in [-0.4, -0.2) is 23.2 Å². The number of aromatic hydroxyl groups is 1. The van der Waals surface area contributed by atoms with Crippen molar-refractivity contribution in [3.05, 3.63) is 18.0 Å². The van der Waals surface area contributed by atoms with Crippen LogP contribution < -0.4 is 5.43 Å². The molecule has 60 valence electrons. The van der Waals surface area contributed by atoms with Crippen LogP contribution in [0.3, 0.4) is 0 Å². The van der Waals surface area contributed by atoms with Gasteiger partial charge in [-0.1, -0.05) is 0 Å². The third kappa shape index (κ3) is 1.73. The Morgan fingerprint density at radius 2 is 2.45 bits per heavy atom. The summed E-state index contributed by atoms with van der Waals surface area (Å²) in [6, 6.07) is 1.66. The van der Waals surface area contributed by atoms with E-state index in [2.05, 4.69) is 10.4 Å². The topological polar surface area (TPSA) is 49.5 Å². The maximum absolute atomic E-state index is 9.03. The molecule has 0 amide bonds. The molecule has 1 aromatic rings. The number of hydrogen-bond donors (Lipinski definition) is 2. The number of aryl methyl sites for hydroxylation is 1. The summed E-state index contributed by atoms with van der Waals surface area (Å²) >= 11 is 0. The van der Waals surface area contributed by atoms with E-state index in [9.17, 15) is 0 Å². The van der Waals surface area contributed by atoms with E-state index >= 15 is 0 Å². The molecule has 1 heterocycles. The predicted octanol–water partition coefficient (Wildman–Crippen LogP) is 0.704. The van der Waals surface area contributed by atoms with E-state index in [0.717, 1.165) is 5.69 Å². The summed E-state index contributed by atoms with van der Waals surface area (Å²) in [7, 11) is 1.67. The predicted molar refractivity (Wildman–Crippen MR) is 44.6 cm³/mol. The summed E-state index contributed by atoms with van der Waals surface area (Å²) in [5, 5.41) is 9.03. The third-order valence-electron chi connectivity index (χ3n) is 1.32. The lowest BCUT2D eigenvalue weighted by atomic mass is 10.5. The molecule has 0 saturated heterocycles. The highest BCUT2D eigenvalue weighted by molar-refractivity contribution is 5.63. The number of aromatic nitrogens is 1. The van der Waals surface area contributed by atoms with Gasteiger partial charge in [-0.05, 0) is 6.92 Å². The monoisotopic (exact) mass is 153 g/mol. The summed E-state index contributed by atoms with van der Waals surface area (Å²) in [5.41, 5.74) is 3.78. The van der Waals surface area contributed by atoms with Crippen LogP contribution in [0.1, 0.15) is 5.69 Å². The molecule has 0 aliphatic heterocycles. The average molecular weight is 153 g/mol. The molecule has 1 aromatic heterocycles. The maximum Gasteiger partial charge on any atom is 0.135 e. The molecule has 0 unspecified atom stereocenters. The Hall–Kier alpha value is -1.45. The zero-order valence-corrected chi connectivity index (χ0v) is 6.57. The van der Waals surface area contributed by atoms with Crippen LogP contribution in [0.5, 0.6) is 5.75 Å². The van der Waals surface area contributed by atoms with Gasteiger partial charge >= 0.3 is 0 Å². The Kier molecular flexibility index (Phi) is 2.15. The summed E-state index contributed by atoms with van der Waals surface area (Å²) in [5.74, 6) is 0.250. The SMILES string of the molecule is CN=CNn1cc(O)cc1C. The molecule has 1 rings (SSSR count). The molecule has 4 nitrogen and oxygen atoms in total. The summed E-state index contributed by atoms with van der Waals surface area (Å²) in [6.07, 6.45) is 3.13. The fourth-order valence-electron chi connectivity index (χ4n) is 0.814. The van der Waals surface area contributed by atoms with E-state index in [1.807, 2.05) is 6.92 Å². The fraction of sp³-hybridized carbons (Fsp3) is 0.286. The summed E-state index contributed by atoms with van der Waals surface area (Å²) < 4.78 is 1.68. The first-order valence-corrected chi connectivity index (χ1v) is 3.29. The van der Waals surface area contributed by atoms with E-state index in [0.29, 0.717) is 0 Å². The molecule has 0 saturated carbocycles. The molecular formula is C7H11N3O.